The number of halogens is 1. The van der Waals surface area contributed by atoms with Crippen LogP contribution in [0.1, 0.15) is 19.3 Å². The fraction of sp³-hybridized carbons (Fsp3) is 0.500. The third-order valence-electron chi connectivity index (χ3n) is 3.28. The highest BCUT2D eigenvalue weighted by Gasteiger charge is 2.27. The molecule has 6 heteroatoms. The quantitative estimate of drug-likeness (QED) is 0.510. The summed E-state index contributed by atoms with van der Waals surface area (Å²) in [6, 6.07) is 5.23. The van der Waals surface area contributed by atoms with Crippen molar-refractivity contribution in [2.45, 2.75) is 25.3 Å². The standard InChI is InChI=1S/C12H15IN2O3/c13-9-4-5-11(12(7-9)15(17)18)14-6-2-1-3-10(14)8-16/h4-5,7,10,16H,1-3,6,8H2. The van der Waals surface area contributed by atoms with Gasteiger partial charge in [0.2, 0.25) is 0 Å². The van der Waals surface area contributed by atoms with Crippen LogP contribution in [0.5, 0.6) is 0 Å². The topological polar surface area (TPSA) is 66.6 Å². The first kappa shape index (κ1) is 13.5. The smallest absolute Gasteiger partial charge is 0.293 e. The molecule has 0 amide bonds. The van der Waals surface area contributed by atoms with Gasteiger partial charge in [-0.15, -0.1) is 0 Å². The summed E-state index contributed by atoms with van der Waals surface area (Å²) in [4.78, 5) is 12.7. The third kappa shape index (κ3) is 2.74. The van der Waals surface area contributed by atoms with Crippen molar-refractivity contribution in [2.75, 3.05) is 18.1 Å². The molecule has 0 saturated carbocycles. The van der Waals surface area contributed by atoms with Crippen molar-refractivity contribution in [3.05, 3.63) is 31.9 Å². The van der Waals surface area contributed by atoms with Gasteiger partial charge in [-0.1, -0.05) is 0 Å². The zero-order chi connectivity index (χ0) is 13.1. The summed E-state index contributed by atoms with van der Waals surface area (Å²) >= 11 is 2.07. The predicted octanol–water partition coefficient (Wildman–Crippen LogP) is 2.55. The molecule has 1 atom stereocenters. The van der Waals surface area contributed by atoms with Crippen molar-refractivity contribution >= 4 is 34.0 Å². The average Bonchev–Trinajstić information content (AvgIpc) is 2.38. The molecule has 1 saturated heterocycles. The maximum atomic E-state index is 11.1. The number of nitro groups is 1. The van der Waals surface area contributed by atoms with Gasteiger partial charge >= 0.3 is 0 Å². The van der Waals surface area contributed by atoms with E-state index in [0.29, 0.717) is 5.69 Å². The van der Waals surface area contributed by atoms with E-state index in [1.165, 1.54) is 0 Å². The van der Waals surface area contributed by atoms with Crippen molar-refractivity contribution in [1.82, 2.24) is 0 Å². The molecule has 0 aliphatic carbocycles. The third-order valence-corrected chi connectivity index (χ3v) is 3.95. The van der Waals surface area contributed by atoms with E-state index in [1.54, 1.807) is 12.1 Å². The molecule has 1 heterocycles. The first-order valence-electron chi connectivity index (χ1n) is 5.95. The SMILES string of the molecule is O=[N+]([O-])c1cc(I)ccc1N1CCCCC1CO. The highest BCUT2D eigenvalue weighted by Crippen LogP contribution is 2.33. The minimum Gasteiger partial charge on any atom is -0.394 e. The van der Waals surface area contributed by atoms with Crippen LogP contribution in [0.4, 0.5) is 11.4 Å². The van der Waals surface area contributed by atoms with Crippen molar-refractivity contribution in [3.8, 4) is 0 Å². The van der Waals surface area contributed by atoms with Crippen LogP contribution in [0.2, 0.25) is 0 Å². The van der Waals surface area contributed by atoms with E-state index >= 15 is 0 Å². The van der Waals surface area contributed by atoms with E-state index in [9.17, 15) is 15.2 Å². The molecular weight excluding hydrogens is 347 g/mol. The Labute approximate surface area is 119 Å². The Balaban J connectivity index is 2.39. The monoisotopic (exact) mass is 362 g/mol. The number of piperidine rings is 1. The van der Waals surface area contributed by atoms with Gasteiger partial charge in [-0.25, -0.2) is 0 Å². The number of nitro benzene ring substituents is 1. The number of aliphatic hydroxyl groups is 1. The molecule has 0 bridgehead atoms. The number of rotatable bonds is 3. The Bertz CT molecular complexity index is 453. The maximum Gasteiger partial charge on any atom is 0.293 e. The van der Waals surface area contributed by atoms with Crippen LogP contribution in [0.3, 0.4) is 0 Å². The molecule has 1 aromatic carbocycles. The molecule has 1 fully saturated rings. The van der Waals surface area contributed by atoms with Crippen LogP contribution in [0.15, 0.2) is 18.2 Å². The normalized spacial score (nSPS) is 19.9. The van der Waals surface area contributed by atoms with Crippen LogP contribution in [0.25, 0.3) is 0 Å². The van der Waals surface area contributed by atoms with E-state index in [0.717, 1.165) is 29.4 Å². The molecule has 5 nitrogen and oxygen atoms in total. The summed E-state index contributed by atoms with van der Waals surface area (Å²) in [6.07, 6.45) is 2.97. The lowest BCUT2D eigenvalue weighted by Gasteiger charge is -2.36. The van der Waals surface area contributed by atoms with E-state index in [2.05, 4.69) is 22.6 Å². The average molecular weight is 362 g/mol. The van der Waals surface area contributed by atoms with Gasteiger partial charge in [0.05, 0.1) is 17.6 Å². The number of hydrogen-bond acceptors (Lipinski definition) is 4. The van der Waals surface area contributed by atoms with Gasteiger partial charge in [0.1, 0.15) is 5.69 Å². The van der Waals surface area contributed by atoms with Crippen LogP contribution < -0.4 is 4.90 Å². The molecule has 1 aromatic rings. The minimum absolute atomic E-state index is 0.00230. The van der Waals surface area contributed by atoms with Crippen molar-refractivity contribution < 1.29 is 10.0 Å². The first-order chi connectivity index (χ1) is 8.63. The van der Waals surface area contributed by atoms with Gasteiger partial charge < -0.3 is 10.0 Å². The van der Waals surface area contributed by atoms with E-state index in [1.807, 2.05) is 11.0 Å². The van der Waals surface area contributed by atoms with E-state index in [-0.39, 0.29) is 23.3 Å². The largest absolute Gasteiger partial charge is 0.394 e. The van der Waals surface area contributed by atoms with Crippen molar-refractivity contribution in [2.24, 2.45) is 0 Å². The summed E-state index contributed by atoms with van der Waals surface area (Å²) in [6.45, 7) is 0.815. The molecule has 0 aromatic heterocycles. The van der Waals surface area contributed by atoms with Crippen LogP contribution in [0, 0.1) is 13.7 Å². The molecule has 1 unspecified atom stereocenters. The Kier molecular flexibility index (Phi) is 4.39. The molecule has 1 aliphatic rings. The summed E-state index contributed by atoms with van der Waals surface area (Å²) in [7, 11) is 0. The number of anilines is 1. The lowest BCUT2D eigenvalue weighted by atomic mass is 10.0. The first-order valence-corrected chi connectivity index (χ1v) is 7.03. The van der Waals surface area contributed by atoms with Crippen molar-refractivity contribution in [3.63, 3.8) is 0 Å². The second-order valence-corrected chi connectivity index (χ2v) is 5.66. The lowest BCUT2D eigenvalue weighted by Crippen LogP contribution is -2.42. The van der Waals surface area contributed by atoms with Crippen LogP contribution in [-0.2, 0) is 0 Å². The number of aliphatic hydroxyl groups excluding tert-OH is 1. The zero-order valence-electron chi connectivity index (χ0n) is 9.88. The molecule has 0 spiro atoms. The van der Waals surface area contributed by atoms with Gasteiger partial charge in [-0.3, -0.25) is 10.1 Å². The van der Waals surface area contributed by atoms with Crippen LogP contribution in [-0.4, -0.2) is 29.2 Å². The van der Waals surface area contributed by atoms with Gasteiger partial charge in [0.15, 0.2) is 0 Å². The maximum absolute atomic E-state index is 11.1. The highest BCUT2D eigenvalue weighted by molar-refractivity contribution is 14.1. The van der Waals surface area contributed by atoms with Gasteiger partial charge in [0.25, 0.3) is 5.69 Å². The lowest BCUT2D eigenvalue weighted by molar-refractivity contribution is -0.384. The Morgan fingerprint density at radius 2 is 2.28 bits per heavy atom. The summed E-state index contributed by atoms with van der Waals surface area (Å²) in [5, 5.41) is 20.5. The molecule has 98 valence electrons. The summed E-state index contributed by atoms with van der Waals surface area (Å²) in [5.74, 6) is 0. The van der Waals surface area contributed by atoms with Gasteiger partial charge in [0, 0.05) is 16.2 Å². The Morgan fingerprint density at radius 3 is 2.94 bits per heavy atom. The fourth-order valence-corrected chi connectivity index (χ4v) is 2.87. The predicted molar refractivity (Wildman–Crippen MR) is 77.9 cm³/mol. The number of benzene rings is 1. The van der Waals surface area contributed by atoms with E-state index < -0.39 is 0 Å². The molecular formula is C12H15IN2O3. The fourth-order valence-electron chi connectivity index (χ4n) is 2.39. The second-order valence-electron chi connectivity index (χ2n) is 4.42. The van der Waals surface area contributed by atoms with Gasteiger partial charge in [-0.05, 0) is 54.0 Å². The second kappa shape index (κ2) is 5.83. The molecule has 18 heavy (non-hydrogen) atoms. The molecule has 1 N–H and O–H groups in total. The number of hydrogen-bond donors (Lipinski definition) is 1. The van der Waals surface area contributed by atoms with E-state index in [4.69, 9.17) is 0 Å². The number of nitrogens with zero attached hydrogens (tertiary/aromatic N) is 2. The zero-order valence-corrected chi connectivity index (χ0v) is 12.0. The molecule has 2 rings (SSSR count). The minimum atomic E-state index is -0.347. The Hall–Kier alpha value is -0.890. The van der Waals surface area contributed by atoms with Crippen molar-refractivity contribution in [1.29, 1.82) is 0 Å². The molecule has 0 radical (unpaired) electrons. The molecule has 1 aliphatic heterocycles. The van der Waals surface area contributed by atoms with Crippen LogP contribution >= 0.6 is 22.6 Å². The summed E-state index contributed by atoms with van der Waals surface area (Å²) < 4.78 is 0.848. The summed E-state index contributed by atoms with van der Waals surface area (Å²) in [5.41, 5.74) is 0.751. The highest BCUT2D eigenvalue weighted by atomic mass is 127. The Morgan fingerprint density at radius 1 is 1.50 bits per heavy atom. The van der Waals surface area contributed by atoms with Gasteiger partial charge in [-0.2, -0.15) is 0 Å².